The van der Waals surface area contributed by atoms with Gasteiger partial charge in [0.25, 0.3) is 5.69 Å². The number of carbonyl (C=O) groups excluding carboxylic acids is 1. The number of nitrogens with zero attached hydrogens (tertiary/aromatic N) is 3. The molecular formula is C22H28N4O4. The van der Waals surface area contributed by atoms with E-state index in [2.05, 4.69) is 15.2 Å². The first-order valence-corrected chi connectivity index (χ1v) is 10.0. The number of aromatic nitrogens is 1. The molecule has 1 N–H and O–H groups in total. The molecule has 0 aliphatic carbocycles. The Balaban J connectivity index is 1.70. The van der Waals surface area contributed by atoms with Gasteiger partial charge in [0.1, 0.15) is 5.60 Å². The number of non-ortho nitro benzene ring substituents is 1. The highest BCUT2D eigenvalue weighted by Gasteiger charge is 2.26. The summed E-state index contributed by atoms with van der Waals surface area (Å²) in [4.78, 5) is 29.5. The smallest absolute Gasteiger partial charge is 0.407 e. The molecule has 1 aromatic heterocycles. The van der Waals surface area contributed by atoms with Gasteiger partial charge in [-0.15, -0.1) is 0 Å². The summed E-state index contributed by atoms with van der Waals surface area (Å²) in [7, 11) is 0. The zero-order valence-electron chi connectivity index (χ0n) is 17.8. The lowest BCUT2D eigenvalue weighted by molar-refractivity contribution is -0.384. The molecule has 1 fully saturated rings. The van der Waals surface area contributed by atoms with Crippen LogP contribution in [0.4, 0.5) is 10.5 Å². The number of rotatable bonds is 5. The lowest BCUT2D eigenvalue weighted by Crippen LogP contribution is -2.40. The van der Waals surface area contributed by atoms with Crippen LogP contribution < -0.4 is 5.32 Å². The highest BCUT2D eigenvalue weighted by atomic mass is 16.6. The van der Waals surface area contributed by atoms with E-state index in [1.54, 1.807) is 18.3 Å². The van der Waals surface area contributed by atoms with E-state index in [1.807, 2.05) is 45.9 Å². The Hall–Kier alpha value is -3.00. The Morgan fingerprint density at radius 2 is 2.07 bits per heavy atom. The number of alkyl carbamates (subject to hydrolysis) is 1. The minimum atomic E-state index is -0.535. The lowest BCUT2D eigenvalue weighted by Gasteiger charge is -2.22. The van der Waals surface area contributed by atoms with E-state index in [1.165, 1.54) is 0 Å². The first-order valence-electron chi connectivity index (χ1n) is 10.0. The number of amides is 1. The van der Waals surface area contributed by atoms with E-state index in [9.17, 15) is 14.9 Å². The van der Waals surface area contributed by atoms with Crippen LogP contribution in [-0.2, 0) is 11.3 Å². The summed E-state index contributed by atoms with van der Waals surface area (Å²) in [5, 5.41) is 14.3. The number of hydrogen-bond acceptors (Lipinski definition) is 6. The number of pyridine rings is 1. The third-order valence-electron chi connectivity index (χ3n) is 4.83. The zero-order valence-corrected chi connectivity index (χ0v) is 17.8. The summed E-state index contributed by atoms with van der Waals surface area (Å²) in [6, 6.07) is 8.96. The fourth-order valence-corrected chi connectivity index (χ4v) is 3.50. The molecule has 30 heavy (non-hydrogen) atoms. The molecule has 2 aromatic rings. The minimum absolute atomic E-state index is 0.000632. The highest BCUT2D eigenvalue weighted by molar-refractivity contribution is 5.68. The molecule has 2 heterocycles. The predicted octanol–water partition coefficient (Wildman–Crippen LogP) is 4.06. The fraction of sp³-hybridized carbons (Fsp3) is 0.455. The van der Waals surface area contributed by atoms with Crippen LogP contribution in [0, 0.1) is 17.0 Å². The average Bonchev–Trinajstić information content (AvgIpc) is 3.07. The molecule has 0 spiro atoms. The van der Waals surface area contributed by atoms with Gasteiger partial charge in [0.2, 0.25) is 0 Å². The molecule has 0 radical (unpaired) electrons. The Labute approximate surface area is 176 Å². The maximum atomic E-state index is 12.0. The number of nitrogens with one attached hydrogen (secondary N) is 1. The third kappa shape index (κ3) is 6.00. The van der Waals surface area contributed by atoms with Gasteiger partial charge in [-0.2, -0.15) is 0 Å². The van der Waals surface area contributed by atoms with Crippen LogP contribution in [0.1, 0.15) is 38.4 Å². The highest BCUT2D eigenvalue weighted by Crippen LogP contribution is 2.27. The number of nitro groups is 1. The van der Waals surface area contributed by atoms with Gasteiger partial charge in [-0.25, -0.2) is 4.79 Å². The van der Waals surface area contributed by atoms with Gasteiger partial charge in [-0.05, 0) is 57.4 Å². The van der Waals surface area contributed by atoms with Gasteiger partial charge in [0.05, 0.1) is 4.92 Å². The standard InChI is InChI=1S/C22H28N4O4/c1-15-5-6-17(12-23-15)18-9-16(10-20(11-18)26(28)29)13-25-8-7-19(14-25)24-21(27)30-22(2,3)4/h5-6,9-12,19H,7-8,13-14H2,1-4H3,(H,24,27)/t19-/m0/s1. The van der Waals surface area contributed by atoms with Crippen molar-refractivity contribution in [2.24, 2.45) is 0 Å². The number of aryl methyl sites for hydroxylation is 1. The fourth-order valence-electron chi connectivity index (χ4n) is 3.50. The number of hydrogen-bond donors (Lipinski definition) is 1. The second kappa shape index (κ2) is 8.79. The van der Waals surface area contributed by atoms with E-state index in [-0.39, 0.29) is 16.7 Å². The number of carbonyl (C=O) groups is 1. The molecule has 1 aromatic carbocycles. The van der Waals surface area contributed by atoms with Crippen molar-refractivity contribution in [3.63, 3.8) is 0 Å². The van der Waals surface area contributed by atoms with E-state index in [4.69, 9.17) is 4.74 Å². The number of ether oxygens (including phenoxy) is 1. The number of nitro benzene ring substituents is 1. The third-order valence-corrected chi connectivity index (χ3v) is 4.83. The summed E-state index contributed by atoms with van der Waals surface area (Å²) in [6.07, 6.45) is 2.12. The van der Waals surface area contributed by atoms with Crippen molar-refractivity contribution in [2.45, 2.75) is 52.3 Å². The van der Waals surface area contributed by atoms with Crippen molar-refractivity contribution in [1.82, 2.24) is 15.2 Å². The minimum Gasteiger partial charge on any atom is -0.444 e. The largest absolute Gasteiger partial charge is 0.444 e. The second-order valence-electron chi connectivity index (χ2n) is 8.70. The van der Waals surface area contributed by atoms with Crippen LogP contribution >= 0.6 is 0 Å². The van der Waals surface area contributed by atoms with Gasteiger partial charge in [0.15, 0.2) is 0 Å². The normalized spacial score (nSPS) is 17.0. The van der Waals surface area contributed by atoms with E-state index in [0.29, 0.717) is 13.1 Å². The van der Waals surface area contributed by atoms with Crippen LogP contribution in [-0.4, -0.2) is 45.6 Å². The van der Waals surface area contributed by atoms with Gasteiger partial charge in [0, 0.05) is 55.3 Å². The van der Waals surface area contributed by atoms with E-state index < -0.39 is 11.7 Å². The molecule has 1 amide bonds. The summed E-state index contributed by atoms with van der Waals surface area (Å²) in [5.41, 5.74) is 2.89. The molecule has 8 heteroatoms. The lowest BCUT2D eigenvalue weighted by atomic mass is 10.0. The predicted molar refractivity (Wildman–Crippen MR) is 114 cm³/mol. The maximum absolute atomic E-state index is 12.0. The van der Waals surface area contributed by atoms with Gasteiger partial charge in [-0.3, -0.25) is 20.0 Å². The molecule has 160 valence electrons. The SMILES string of the molecule is Cc1ccc(-c2cc(CN3CC[C@H](NC(=O)OC(C)(C)C)C3)cc([N+](=O)[O-])c2)cn1. The monoisotopic (exact) mass is 412 g/mol. The molecule has 0 bridgehead atoms. The number of likely N-dealkylation sites (tertiary alicyclic amines) is 1. The first-order chi connectivity index (χ1) is 14.1. The molecule has 1 atom stereocenters. The topological polar surface area (TPSA) is 97.6 Å². The summed E-state index contributed by atoms with van der Waals surface area (Å²) < 4.78 is 5.32. The van der Waals surface area contributed by atoms with Crippen LogP contribution in [0.2, 0.25) is 0 Å². The van der Waals surface area contributed by atoms with Gasteiger partial charge in [-0.1, -0.05) is 6.07 Å². The van der Waals surface area contributed by atoms with Crippen LogP contribution in [0.5, 0.6) is 0 Å². The molecule has 8 nitrogen and oxygen atoms in total. The van der Waals surface area contributed by atoms with E-state index >= 15 is 0 Å². The Morgan fingerprint density at radius 1 is 1.30 bits per heavy atom. The summed E-state index contributed by atoms with van der Waals surface area (Å²) in [6.45, 7) is 9.43. The second-order valence-corrected chi connectivity index (χ2v) is 8.70. The Kier molecular flexibility index (Phi) is 6.36. The van der Waals surface area contributed by atoms with Crippen molar-refractivity contribution in [1.29, 1.82) is 0 Å². The molecule has 0 unspecified atom stereocenters. The molecule has 3 rings (SSSR count). The number of benzene rings is 1. The van der Waals surface area contributed by atoms with Crippen molar-refractivity contribution < 1.29 is 14.5 Å². The van der Waals surface area contributed by atoms with Crippen molar-refractivity contribution in [3.8, 4) is 11.1 Å². The van der Waals surface area contributed by atoms with Crippen molar-refractivity contribution in [2.75, 3.05) is 13.1 Å². The quantitative estimate of drug-likeness (QED) is 0.587. The zero-order chi connectivity index (χ0) is 21.9. The van der Waals surface area contributed by atoms with Crippen molar-refractivity contribution >= 4 is 11.8 Å². The first kappa shape index (κ1) is 21.7. The van der Waals surface area contributed by atoms with Crippen molar-refractivity contribution in [3.05, 3.63) is 57.9 Å². The molecular weight excluding hydrogens is 384 g/mol. The maximum Gasteiger partial charge on any atom is 0.407 e. The summed E-state index contributed by atoms with van der Waals surface area (Å²) in [5.74, 6) is 0. The van der Waals surface area contributed by atoms with Crippen LogP contribution in [0.25, 0.3) is 11.1 Å². The van der Waals surface area contributed by atoms with Gasteiger partial charge < -0.3 is 10.1 Å². The van der Waals surface area contributed by atoms with Gasteiger partial charge >= 0.3 is 6.09 Å². The summed E-state index contributed by atoms with van der Waals surface area (Å²) >= 11 is 0. The van der Waals surface area contributed by atoms with Crippen LogP contribution in [0.3, 0.4) is 0 Å². The molecule has 1 aliphatic rings. The van der Waals surface area contributed by atoms with E-state index in [0.717, 1.165) is 35.3 Å². The molecule has 0 saturated carbocycles. The molecule has 1 saturated heterocycles. The Bertz CT molecular complexity index is 922. The Morgan fingerprint density at radius 3 is 2.70 bits per heavy atom. The molecule has 1 aliphatic heterocycles. The average molecular weight is 412 g/mol. The van der Waals surface area contributed by atoms with Crippen LogP contribution in [0.15, 0.2) is 36.5 Å².